The molecule has 6 heteroatoms. The molecule has 0 fully saturated rings. The monoisotopic (exact) mass is 885 g/mol. The van der Waals surface area contributed by atoms with Crippen LogP contribution in [0.3, 0.4) is 0 Å². The maximum atomic E-state index is 5.49. The third-order valence-corrected chi connectivity index (χ3v) is 14.2. The van der Waals surface area contributed by atoms with Gasteiger partial charge in [-0.05, 0) is 76.3 Å². The molecule has 0 unspecified atom stereocenters. The van der Waals surface area contributed by atoms with E-state index in [0.717, 1.165) is 71.7 Å². The summed E-state index contributed by atoms with van der Waals surface area (Å²) in [6.07, 6.45) is 2.02. The van der Waals surface area contributed by atoms with E-state index in [1.807, 2.05) is 53.9 Å². The summed E-state index contributed by atoms with van der Waals surface area (Å²) in [6, 6.07) is 81.1. The van der Waals surface area contributed by atoms with Crippen LogP contribution in [0.2, 0.25) is 0 Å². The molecule has 0 bridgehead atoms. The Labute approximate surface area is 397 Å². The Balaban J connectivity index is 1.08. The highest BCUT2D eigenvalue weighted by Gasteiger charge is 2.23. The first-order chi connectivity index (χ1) is 33.7. The second kappa shape index (κ2) is 16.5. The minimum atomic E-state index is 0.552. The number of thiophene rings is 1. The number of rotatable bonds is 8. The number of aromatic nitrogens is 5. The van der Waals surface area contributed by atoms with Gasteiger partial charge in [-0.3, -0.25) is 4.98 Å². The molecule has 0 saturated heterocycles. The van der Waals surface area contributed by atoms with E-state index in [2.05, 4.69) is 199 Å². The SMILES string of the molecule is c1ccc(-c2cc(-c3ccccc3)cc(-c3cnc(-c4cccc5c4sc4c5ccc5c4c4ccccc4n5-c4ccccc4)c(-c4nc(-c5ccccc5)nc(-c5ccccc5)n4)c3)c2)cc1. The van der Waals surface area contributed by atoms with Gasteiger partial charge in [0, 0.05) is 70.6 Å². The molecule has 0 atom stereocenters. The highest BCUT2D eigenvalue weighted by molar-refractivity contribution is 7.27. The zero-order chi connectivity index (χ0) is 45.0. The van der Waals surface area contributed by atoms with Gasteiger partial charge in [-0.15, -0.1) is 11.3 Å². The topological polar surface area (TPSA) is 56.5 Å². The molecular formula is C62H39N5S. The van der Waals surface area contributed by atoms with Crippen molar-refractivity contribution in [3.05, 3.63) is 237 Å². The van der Waals surface area contributed by atoms with Gasteiger partial charge in [0.1, 0.15) is 0 Å². The molecule has 0 aliphatic heterocycles. The normalized spacial score (nSPS) is 11.5. The van der Waals surface area contributed by atoms with E-state index >= 15 is 0 Å². The van der Waals surface area contributed by atoms with Crippen LogP contribution in [0.15, 0.2) is 237 Å². The summed E-state index contributed by atoms with van der Waals surface area (Å²) in [4.78, 5) is 21.2. The van der Waals surface area contributed by atoms with E-state index in [4.69, 9.17) is 19.9 Å². The first-order valence-corrected chi connectivity index (χ1v) is 23.6. The zero-order valence-corrected chi connectivity index (χ0v) is 37.5. The average Bonchev–Trinajstić information content (AvgIpc) is 3.98. The fourth-order valence-electron chi connectivity index (χ4n) is 9.68. The summed E-state index contributed by atoms with van der Waals surface area (Å²) in [7, 11) is 0. The van der Waals surface area contributed by atoms with Crippen LogP contribution in [0.1, 0.15) is 0 Å². The number of pyridine rings is 1. The third-order valence-electron chi connectivity index (χ3n) is 12.9. The summed E-state index contributed by atoms with van der Waals surface area (Å²) < 4.78 is 4.79. The van der Waals surface area contributed by atoms with Gasteiger partial charge in [0.15, 0.2) is 17.5 Å². The van der Waals surface area contributed by atoms with E-state index in [9.17, 15) is 0 Å². The van der Waals surface area contributed by atoms with E-state index in [1.54, 1.807) is 0 Å². The average molecular weight is 886 g/mol. The first kappa shape index (κ1) is 39.5. The van der Waals surface area contributed by atoms with Crippen LogP contribution in [0.5, 0.6) is 0 Å². The predicted molar refractivity (Wildman–Crippen MR) is 283 cm³/mol. The third kappa shape index (κ3) is 6.86. The lowest BCUT2D eigenvalue weighted by Crippen LogP contribution is -2.02. The Bertz CT molecular complexity index is 3880. The van der Waals surface area contributed by atoms with E-state index < -0.39 is 0 Å². The molecule has 5 nitrogen and oxygen atoms in total. The fourth-order valence-corrected chi connectivity index (χ4v) is 11.0. The largest absolute Gasteiger partial charge is 0.309 e. The number of nitrogens with zero attached hydrogens (tertiary/aromatic N) is 5. The zero-order valence-electron chi connectivity index (χ0n) is 36.7. The molecule has 0 aliphatic carbocycles. The molecule has 13 rings (SSSR count). The summed E-state index contributed by atoms with van der Waals surface area (Å²) in [5.41, 5.74) is 14.5. The Morgan fingerprint density at radius 3 is 1.44 bits per heavy atom. The molecule has 0 radical (unpaired) electrons. The highest BCUT2D eigenvalue weighted by atomic mass is 32.1. The minimum absolute atomic E-state index is 0.552. The van der Waals surface area contributed by atoms with Crippen molar-refractivity contribution in [3.63, 3.8) is 0 Å². The second-order valence-corrected chi connectivity index (χ2v) is 18.0. The fraction of sp³-hybridized carbons (Fsp3) is 0. The van der Waals surface area contributed by atoms with Crippen molar-refractivity contribution in [2.45, 2.75) is 0 Å². The number of hydrogen-bond donors (Lipinski definition) is 0. The van der Waals surface area contributed by atoms with E-state index in [1.165, 1.54) is 37.3 Å². The molecular weight excluding hydrogens is 847 g/mol. The van der Waals surface area contributed by atoms with E-state index in [-0.39, 0.29) is 0 Å². The number of para-hydroxylation sites is 2. The van der Waals surface area contributed by atoms with Crippen molar-refractivity contribution < 1.29 is 0 Å². The molecule has 4 heterocycles. The molecule has 0 spiro atoms. The molecule has 318 valence electrons. The predicted octanol–water partition coefficient (Wildman–Crippen LogP) is 16.4. The van der Waals surface area contributed by atoms with Crippen LogP contribution in [-0.4, -0.2) is 24.5 Å². The number of benzene rings is 9. The van der Waals surface area contributed by atoms with Crippen LogP contribution in [0, 0.1) is 0 Å². The smallest absolute Gasteiger partial charge is 0.166 e. The Morgan fingerprint density at radius 2 is 0.824 bits per heavy atom. The number of fused-ring (bicyclic) bond motifs is 7. The molecule has 0 N–H and O–H groups in total. The molecule has 13 aromatic rings. The van der Waals surface area contributed by atoms with Gasteiger partial charge in [0.25, 0.3) is 0 Å². The summed E-state index contributed by atoms with van der Waals surface area (Å²) >= 11 is 1.83. The lowest BCUT2D eigenvalue weighted by atomic mass is 9.92. The van der Waals surface area contributed by atoms with Crippen molar-refractivity contribution in [2.75, 3.05) is 0 Å². The molecule has 9 aromatic carbocycles. The van der Waals surface area contributed by atoms with Crippen molar-refractivity contribution >= 4 is 53.3 Å². The molecule has 0 amide bonds. The quantitative estimate of drug-likeness (QED) is 0.153. The van der Waals surface area contributed by atoms with Gasteiger partial charge in [-0.2, -0.15) is 0 Å². The summed E-state index contributed by atoms with van der Waals surface area (Å²) in [6.45, 7) is 0. The highest BCUT2D eigenvalue weighted by Crippen LogP contribution is 2.47. The van der Waals surface area contributed by atoms with Gasteiger partial charge < -0.3 is 4.57 Å². The Morgan fingerprint density at radius 1 is 0.324 bits per heavy atom. The lowest BCUT2D eigenvalue weighted by molar-refractivity contribution is 1.07. The van der Waals surface area contributed by atoms with Gasteiger partial charge in [0.2, 0.25) is 0 Å². The van der Waals surface area contributed by atoms with Crippen LogP contribution in [0.25, 0.3) is 126 Å². The lowest BCUT2D eigenvalue weighted by Gasteiger charge is -2.15. The maximum Gasteiger partial charge on any atom is 0.166 e. The minimum Gasteiger partial charge on any atom is -0.309 e. The van der Waals surface area contributed by atoms with Crippen molar-refractivity contribution in [1.29, 1.82) is 0 Å². The number of hydrogen-bond acceptors (Lipinski definition) is 5. The van der Waals surface area contributed by atoms with Gasteiger partial charge in [0.05, 0.1) is 16.7 Å². The second-order valence-electron chi connectivity index (χ2n) is 17.0. The standard InChI is InChI=1S/C62H39N5S/c1-6-19-40(20-7-1)44-35-45(41-21-8-2-9-22-41)37-46(36-44)47-38-53(62-65-60(42-23-10-3-11-24-42)64-61(66-62)43-25-12-4-13-26-43)57(63-39-47)52-31-18-30-49-50-33-34-55-56(59(50)68-58(49)52)51-29-16-17-32-54(51)67(55)48-27-14-5-15-28-48/h1-39H. The summed E-state index contributed by atoms with van der Waals surface area (Å²) in [5, 5.41) is 4.89. The maximum absolute atomic E-state index is 5.49. The van der Waals surface area contributed by atoms with Crippen LogP contribution >= 0.6 is 11.3 Å². The first-order valence-electron chi connectivity index (χ1n) is 22.8. The van der Waals surface area contributed by atoms with Gasteiger partial charge >= 0.3 is 0 Å². The van der Waals surface area contributed by atoms with Gasteiger partial charge in [-0.25, -0.2) is 15.0 Å². The summed E-state index contributed by atoms with van der Waals surface area (Å²) in [5.74, 6) is 1.75. The van der Waals surface area contributed by atoms with Crippen LogP contribution in [0.4, 0.5) is 0 Å². The van der Waals surface area contributed by atoms with Gasteiger partial charge in [-0.1, -0.05) is 182 Å². The van der Waals surface area contributed by atoms with Crippen molar-refractivity contribution in [1.82, 2.24) is 24.5 Å². The molecule has 68 heavy (non-hydrogen) atoms. The molecule has 0 aliphatic rings. The van der Waals surface area contributed by atoms with Crippen LogP contribution in [-0.2, 0) is 0 Å². The van der Waals surface area contributed by atoms with Crippen LogP contribution < -0.4 is 0 Å². The molecule has 4 aromatic heterocycles. The van der Waals surface area contributed by atoms with Crippen molar-refractivity contribution in [3.8, 4) is 84.5 Å². The Hall–Kier alpha value is -8.84. The van der Waals surface area contributed by atoms with E-state index in [0.29, 0.717) is 17.5 Å². The van der Waals surface area contributed by atoms with Crippen molar-refractivity contribution in [2.24, 2.45) is 0 Å². The molecule has 0 saturated carbocycles. The Kier molecular flexibility index (Phi) is 9.62.